The van der Waals surface area contributed by atoms with Gasteiger partial charge in [0, 0.05) is 16.4 Å². The summed E-state index contributed by atoms with van der Waals surface area (Å²) in [4.78, 5) is 24.0. The lowest BCUT2D eigenvalue weighted by Crippen LogP contribution is -2.36. The van der Waals surface area contributed by atoms with Gasteiger partial charge in [-0.25, -0.2) is 0 Å². The van der Waals surface area contributed by atoms with Crippen LogP contribution in [0.4, 0.5) is 11.4 Å². The van der Waals surface area contributed by atoms with Gasteiger partial charge < -0.3 is 16.0 Å². The molecule has 3 N–H and O–H groups in total. The molecule has 0 saturated heterocycles. The summed E-state index contributed by atoms with van der Waals surface area (Å²) < 4.78 is 0. The summed E-state index contributed by atoms with van der Waals surface area (Å²) in [6.07, 6.45) is 0. The van der Waals surface area contributed by atoms with Crippen LogP contribution in [0, 0.1) is 6.92 Å². The molecule has 0 fully saturated rings. The van der Waals surface area contributed by atoms with Crippen molar-refractivity contribution in [2.75, 3.05) is 23.7 Å². The molecular weight excluding hydrogens is 350 g/mol. The number of rotatable bonds is 7. The van der Waals surface area contributed by atoms with Crippen molar-refractivity contribution in [1.82, 2.24) is 5.32 Å². The van der Waals surface area contributed by atoms with Gasteiger partial charge in [-0.1, -0.05) is 49.7 Å². The zero-order valence-electron chi connectivity index (χ0n) is 15.2. The van der Waals surface area contributed by atoms with Gasteiger partial charge in [0.25, 0.3) is 0 Å². The first-order chi connectivity index (χ1) is 12.4. The third-order valence-corrected chi connectivity index (χ3v) is 4.42. The number of hydrogen-bond donors (Lipinski definition) is 3. The normalized spacial score (nSPS) is 10.5. The van der Waals surface area contributed by atoms with E-state index in [2.05, 4.69) is 29.8 Å². The van der Waals surface area contributed by atoms with Crippen molar-refractivity contribution in [1.29, 1.82) is 0 Å². The Labute approximate surface area is 159 Å². The number of anilines is 2. The van der Waals surface area contributed by atoms with Crippen LogP contribution in [-0.2, 0) is 9.59 Å². The predicted molar refractivity (Wildman–Crippen MR) is 107 cm³/mol. The van der Waals surface area contributed by atoms with Crippen molar-refractivity contribution in [2.24, 2.45) is 0 Å². The number of carbonyl (C=O) groups is 2. The molecule has 2 rings (SSSR count). The molecule has 0 radical (unpaired) electrons. The lowest BCUT2D eigenvalue weighted by atomic mass is 10.0. The van der Waals surface area contributed by atoms with Crippen LogP contribution in [0.15, 0.2) is 42.5 Å². The van der Waals surface area contributed by atoms with Crippen molar-refractivity contribution >= 4 is 34.8 Å². The van der Waals surface area contributed by atoms with E-state index in [0.29, 0.717) is 16.6 Å². The summed E-state index contributed by atoms with van der Waals surface area (Å²) >= 11 is 6.03. The molecule has 5 nitrogen and oxygen atoms in total. The summed E-state index contributed by atoms with van der Waals surface area (Å²) in [5, 5.41) is 9.06. The molecule has 0 atom stereocenters. The monoisotopic (exact) mass is 373 g/mol. The molecule has 0 heterocycles. The number of amides is 2. The van der Waals surface area contributed by atoms with E-state index in [0.717, 1.165) is 16.8 Å². The van der Waals surface area contributed by atoms with Crippen LogP contribution < -0.4 is 16.0 Å². The minimum Gasteiger partial charge on any atom is -0.376 e. The molecular formula is C20H24ClN3O2. The number of hydrogen-bond acceptors (Lipinski definition) is 3. The predicted octanol–water partition coefficient (Wildman–Crippen LogP) is 3.94. The maximum atomic E-state index is 12.0. The molecule has 0 spiro atoms. The van der Waals surface area contributed by atoms with Crippen molar-refractivity contribution in [3.8, 4) is 0 Å². The van der Waals surface area contributed by atoms with E-state index in [1.54, 1.807) is 18.2 Å². The summed E-state index contributed by atoms with van der Waals surface area (Å²) in [5.41, 5.74) is 3.51. The molecule has 2 amide bonds. The van der Waals surface area contributed by atoms with Gasteiger partial charge in [0.05, 0.1) is 13.1 Å². The fraction of sp³-hybridized carbons (Fsp3) is 0.300. The second kappa shape index (κ2) is 9.25. The molecule has 0 bridgehead atoms. The van der Waals surface area contributed by atoms with Crippen LogP contribution >= 0.6 is 11.6 Å². The second-order valence-electron chi connectivity index (χ2n) is 6.33. The molecule has 6 heteroatoms. The molecule has 0 saturated carbocycles. The van der Waals surface area contributed by atoms with Gasteiger partial charge in [-0.3, -0.25) is 9.59 Å². The molecule has 0 aliphatic heterocycles. The Hall–Kier alpha value is -2.53. The standard InChI is InChI=1S/C20H24ClN3O2/c1-13(2)15-7-4-5-9-18(15)22-11-19(25)23-12-20(26)24-17-10-6-8-16(21)14(17)3/h4-10,13,22H,11-12H2,1-3H3,(H,23,25)(H,24,26). The summed E-state index contributed by atoms with van der Waals surface area (Å²) in [6.45, 7) is 6.03. The van der Waals surface area contributed by atoms with E-state index in [1.807, 2.05) is 31.2 Å². The Morgan fingerprint density at radius 2 is 1.65 bits per heavy atom. The highest BCUT2D eigenvalue weighted by atomic mass is 35.5. The van der Waals surface area contributed by atoms with Crippen molar-refractivity contribution < 1.29 is 9.59 Å². The third kappa shape index (κ3) is 5.49. The Kier molecular flexibility index (Phi) is 7.04. The summed E-state index contributed by atoms with van der Waals surface area (Å²) in [6, 6.07) is 13.2. The van der Waals surface area contributed by atoms with Crippen LogP contribution in [0.1, 0.15) is 30.9 Å². The van der Waals surface area contributed by atoms with Crippen LogP contribution in [-0.4, -0.2) is 24.9 Å². The largest absolute Gasteiger partial charge is 0.376 e. The third-order valence-electron chi connectivity index (χ3n) is 4.01. The van der Waals surface area contributed by atoms with E-state index in [1.165, 1.54) is 0 Å². The zero-order valence-corrected chi connectivity index (χ0v) is 16.0. The first kappa shape index (κ1) is 19.8. The van der Waals surface area contributed by atoms with E-state index in [9.17, 15) is 9.59 Å². The van der Waals surface area contributed by atoms with E-state index in [-0.39, 0.29) is 24.9 Å². The minimum atomic E-state index is -0.300. The number of nitrogens with one attached hydrogen (secondary N) is 3. The Bertz CT molecular complexity index is 790. The van der Waals surface area contributed by atoms with E-state index >= 15 is 0 Å². The van der Waals surface area contributed by atoms with Crippen molar-refractivity contribution in [2.45, 2.75) is 26.7 Å². The molecule has 2 aromatic rings. The highest BCUT2D eigenvalue weighted by molar-refractivity contribution is 6.31. The van der Waals surface area contributed by atoms with Gasteiger partial charge in [0.1, 0.15) is 0 Å². The molecule has 2 aromatic carbocycles. The van der Waals surface area contributed by atoms with Gasteiger partial charge in [0.2, 0.25) is 11.8 Å². The van der Waals surface area contributed by atoms with Gasteiger partial charge in [-0.15, -0.1) is 0 Å². The van der Waals surface area contributed by atoms with E-state index in [4.69, 9.17) is 11.6 Å². The quantitative estimate of drug-likeness (QED) is 0.688. The first-order valence-electron chi connectivity index (χ1n) is 8.53. The van der Waals surface area contributed by atoms with Gasteiger partial charge >= 0.3 is 0 Å². The maximum Gasteiger partial charge on any atom is 0.243 e. The molecule has 138 valence electrons. The van der Waals surface area contributed by atoms with Crippen LogP contribution in [0.3, 0.4) is 0 Å². The molecule has 0 aliphatic carbocycles. The maximum absolute atomic E-state index is 12.0. The van der Waals surface area contributed by atoms with Gasteiger partial charge in [0.15, 0.2) is 0 Å². The van der Waals surface area contributed by atoms with Gasteiger partial charge in [-0.2, -0.15) is 0 Å². The number of benzene rings is 2. The summed E-state index contributed by atoms with van der Waals surface area (Å²) in [5.74, 6) is -0.193. The highest BCUT2D eigenvalue weighted by Gasteiger charge is 2.10. The van der Waals surface area contributed by atoms with Crippen molar-refractivity contribution in [3.05, 3.63) is 58.6 Å². The number of carbonyl (C=O) groups excluding carboxylic acids is 2. The second-order valence-corrected chi connectivity index (χ2v) is 6.74. The molecule has 0 aromatic heterocycles. The van der Waals surface area contributed by atoms with E-state index < -0.39 is 0 Å². The lowest BCUT2D eigenvalue weighted by molar-refractivity contribution is -0.122. The average molecular weight is 374 g/mol. The topological polar surface area (TPSA) is 70.2 Å². The van der Waals surface area contributed by atoms with Crippen LogP contribution in [0.25, 0.3) is 0 Å². The van der Waals surface area contributed by atoms with Gasteiger partial charge in [-0.05, 0) is 42.2 Å². The van der Waals surface area contributed by atoms with Crippen LogP contribution in [0.5, 0.6) is 0 Å². The SMILES string of the molecule is Cc1c(Cl)cccc1NC(=O)CNC(=O)CNc1ccccc1C(C)C. The lowest BCUT2D eigenvalue weighted by Gasteiger charge is -2.14. The fourth-order valence-electron chi connectivity index (χ4n) is 2.52. The Morgan fingerprint density at radius 1 is 0.962 bits per heavy atom. The molecule has 0 aliphatic rings. The van der Waals surface area contributed by atoms with Crippen LogP contribution in [0.2, 0.25) is 5.02 Å². The first-order valence-corrected chi connectivity index (χ1v) is 8.90. The summed E-state index contributed by atoms with van der Waals surface area (Å²) in [7, 11) is 0. The molecule has 0 unspecified atom stereocenters. The Balaban J connectivity index is 1.82. The Morgan fingerprint density at radius 3 is 2.38 bits per heavy atom. The van der Waals surface area contributed by atoms with Crippen molar-refractivity contribution in [3.63, 3.8) is 0 Å². The highest BCUT2D eigenvalue weighted by Crippen LogP contribution is 2.23. The number of para-hydroxylation sites is 1. The zero-order chi connectivity index (χ0) is 19.1. The smallest absolute Gasteiger partial charge is 0.243 e. The molecule has 26 heavy (non-hydrogen) atoms. The minimum absolute atomic E-state index is 0.0989. The average Bonchev–Trinajstić information content (AvgIpc) is 2.62. The fourth-order valence-corrected chi connectivity index (χ4v) is 2.69. The number of halogens is 1.